The summed E-state index contributed by atoms with van der Waals surface area (Å²) in [5.74, 6) is -3.99. The Hall–Kier alpha value is -4.86. The van der Waals surface area contributed by atoms with Crippen LogP contribution in [0.15, 0.2) is 59.7 Å². The topological polar surface area (TPSA) is 89.5 Å². The summed E-state index contributed by atoms with van der Waals surface area (Å²) in [5.41, 5.74) is 9.30. The van der Waals surface area contributed by atoms with Gasteiger partial charge in [-0.3, -0.25) is 9.59 Å². The van der Waals surface area contributed by atoms with Crippen molar-refractivity contribution >= 4 is 35.6 Å². The van der Waals surface area contributed by atoms with Gasteiger partial charge in [-0.05, 0) is 170 Å². The number of allylic oxidation sites excluding steroid dienone is 2. The second-order valence-electron chi connectivity index (χ2n) is 22.7. The summed E-state index contributed by atoms with van der Waals surface area (Å²) in [6.45, 7) is 9.14. The Labute approximate surface area is 411 Å². The van der Waals surface area contributed by atoms with Crippen molar-refractivity contribution in [3.8, 4) is 0 Å². The molecule has 3 unspecified atom stereocenters. The van der Waals surface area contributed by atoms with Crippen LogP contribution in [0, 0.1) is 53.1 Å². The van der Waals surface area contributed by atoms with E-state index >= 15 is 17.6 Å². The molecule has 3 aromatic rings. The fourth-order valence-electron chi connectivity index (χ4n) is 14.1. The molecule has 6 nitrogen and oxygen atoms in total. The number of hydrogen-bond donors (Lipinski definition) is 1. The highest BCUT2D eigenvalue weighted by atomic mass is 19.1. The molecule has 11 atom stereocenters. The molecule has 6 aliphatic carbocycles. The van der Waals surface area contributed by atoms with E-state index in [9.17, 15) is 19.2 Å². The third kappa shape index (κ3) is 10.0. The number of benzene rings is 3. The molecule has 0 bridgehead atoms. The number of rotatable bonds is 15. The molecule has 4 fully saturated rings. The SMILES string of the molecule is COC(=O)N[C@H](C(=O)C1C[C@H](F)C[C@H]1C1=Cc2cc([C@H]3CC[C@H](c4ccc5c(c4)C=C([C@@H]4C[C@@H](F)CC4C(=O)[C@@H](CC(C)=O)C(C)C)C5)C3c3cc(F)c(C4CCCCC4)c(F)c3)ccc2C1)C(C)C. The first-order chi connectivity index (χ1) is 33.5. The lowest BCUT2D eigenvalue weighted by Gasteiger charge is -2.29. The molecular formula is C60H71F4NO5. The van der Waals surface area contributed by atoms with Crippen molar-refractivity contribution < 1.29 is 41.5 Å². The predicted octanol–water partition coefficient (Wildman–Crippen LogP) is 13.8. The minimum atomic E-state index is -1.14. The normalized spacial score (nSPS) is 28.4. The van der Waals surface area contributed by atoms with Crippen molar-refractivity contribution in [3.05, 3.63) is 116 Å². The molecule has 9 rings (SSSR count). The lowest BCUT2D eigenvalue weighted by molar-refractivity contribution is -0.132. The lowest BCUT2D eigenvalue weighted by atomic mass is 9.75. The van der Waals surface area contributed by atoms with Gasteiger partial charge in [0.1, 0.15) is 35.5 Å². The third-order valence-electron chi connectivity index (χ3n) is 17.6. The monoisotopic (exact) mass is 962 g/mol. The van der Waals surface area contributed by atoms with Crippen LogP contribution >= 0.6 is 0 Å². The molecule has 0 saturated heterocycles. The number of ketones is 3. The predicted molar refractivity (Wildman–Crippen MR) is 266 cm³/mol. The number of amides is 1. The van der Waals surface area contributed by atoms with E-state index in [-0.39, 0.29) is 102 Å². The standard InChI is InChI=1S/C60H71F4NO5/c1-31(2)48(18-33(5)66)58(67)51-29-44(61)27-49(51)41-19-35-12-14-37(21-39(35)23-41)46-16-17-47(55(46)43-25-53(63)56(54(64)26-43)34-10-8-7-9-11-34)38-15-13-36-20-42(24-40(36)22-38)50-28-45(62)30-52(50)59(68)57(32(3)4)65-60(69)70-6/h12-15,21-26,31-32,34,44-52,55,57H,7-11,16-20,27-30H2,1-6H3,(H,65,69)/t44-,45-,46-,47-,48+,49+,50+,51?,52?,55?,57+/m1/s1. The number of carbonyl (C=O) groups is 4. The maximum absolute atomic E-state index is 16.5. The fraction of sp³-hybridized carbons (Fsp3) is 0.567. The highest BCUT2D eigenvalue weighted by Gasteiger charge is 2.47. The number of carbonyl (C=O) groups excluding carboxylic acids is 4. The van der Waals surface area contributed by atoms with E-state index in [0.29, 0.717) is 18.4 Å². The quantitative estimate of drug-likeness (QED) is 0.153. The molecular weight excluding hydrogens is 891 g/mol. The average Bonchev–Trinajstić information content (AvgIpc) is 4.18. The number of nitrogens with one attached hydrogen (secondary N) is 1. The first-order valence-corrected chi connectivity index (χ1v) is 26.3. The number of halogens is 4. The maximum Gasteiger partial charge on any atom is 0.407 e. The van der Waals surface area contributed by atoms with E-state index in [2.05, 4.69) is 53.9 Å². The molecule has 1 amide bonds. The van der Waals surface area contributed by atoms with Crippen molar-refractivity contribution in [3.63, 3.8) is 0 Å². The molecule has 0 radical (unpaired) electrons. The number of methoxy groups -OCH3 is 1. The van der Waals surface area contributed by atoms with Gasteiger partial charge in [0.2, 0.25) is 0 Å². The number of ether oxygens (including phenoxy) is 1. The number of alkyl halides is 2. The summed E-state index contributed by atoms with van der Waals surface area (Å²) in [6, 6.07) is 15.3. The van der Waals surface area contributed by atoms with Crippen LogP contribution in [0.4, 0.5) is 22.4 Å². The summed E-state index contributed by atoms with van der Waals surface area (Å²) >= 11 is 0. The zero-order valence-corrected chi connectivity index (χ0v) is 41.8. The Morgan fingerprint density at radius 2 is 1.16 bits per heavy atom. The molecule has 0 aliphatic heterocycles. The van der Waals surface area contributed by atoms with Gasteiger partial charge < -0.3 is 14.8 Å². The molecule has 374 valence electrons. The highest BCUT2D eigenvalue weighted by Crippen LogP contribution is 2.56. The van der Waals surface area contributed by atoms with Crippen molar-refractivity contribution in [1.82, 2.24) is 5.32 Å². The minimum Gasteiger partial charge on any atom is -0.453 e. The van der Waals surface area contributed by atoms with Gasteiger partial charge in [0.25, 0.3) is 0 Å². The van der Waals surface area contributed by atoms with E-state index in [0.717, 1.165) is 89.5 Å². The van der Waals surface area contributed by atoms with Gasteiger partial charge in [0.05, 0.1) is 13.2 Å². The van der Waals surface area contributed by atoms with Crippen LogP contribution < -0.4 is 5.32 Å². The first-order valence-electron chi connectivity index (χ1n) is 26.3. The Morgan fingerprint density at radius 3 is 1.63 bits per heavy atom. The van der Waals surface area contributed by atoms with E-state index in [1.807, 2.05) is 27.7 Å². The smallest absolute Gasteiger partial charge is 0.407 e. The number of alkyl carbamates (subject to hydrolysis) is 1. The van der Waals surface area contributed by atoms with E-state index < -0.39 is 53.9 Å². The van der Waals surface area contributed by atoms with Crippen LogP contribution in [0.5, 0.6) is 0 Å². The van der Waals surface area contributed by atoms with Crippen LogP contribution in [-0.2, 0) is 32.0 Å². The van der Waals surface area contributed by atoms with Gasteiger partial charge >= 0.3 is 6.09 Å². The number of hydrogen-bond acceptors (Lipinski definition) is 5. The van der Waals surface area contributed by atoms with Crippen LogP contribution in [0.3, 0.4) is 0 Å². The fourth-order valence-corrected chi connectivity index (χ4v) is 14.1. The Kier molecular flexibility index (Phi) is 14.8. The summed E-state index contributed by atoms with van der Waals surface area (Å²) in [6.07, 6.45) is 9.65. The van der Waals surface area contributed by atoms with E-state index in [4.69, 9.17) is 4.74 Å². The van der Waals surface area contributed by atoms with E-state index in [1.165, 1.54) is 14.0 Å². The van der Waals surface area contributed by atoms with Gasteiger partial charge in [0, 0.05) is 29.7 Å². The number of fused-ring (bicyclic) bond motifs is 2. The van der Waals surface area contributed by atoms with Gasteiger partial charge in [-0.1, -0.05) is 107 Å². The van der Waals surface area contributed by atoms with Crippen molar-refractivity contribution in [1.29, 1.82) is 0 Å². The largest absolute Gasteiger partial charge is 0.453 e. The number of Topliss-reactive ketones (excluding diaryl/α,β-unsaturated/α-hetero) is 3. The van der Waals surface area contributed by atoms with Crippen molar-refractivity contribution in [2.75, 3.05) is 7.11 Å². The summed E-state index contributed by atoms with van der Waals surface area (Å²) < 4.78 is 68.5. The molecule has 70 heavy (non-hydrogen) atoms. The van der Waals surface area contributed by atoms with Gasteiger partial charge in [-0.15, -0.1) is 0 Å². The van der Waals surface area contributed by atoms with Crippen LogP contribution in [0.1, 0.15) is 180 Å². The zero-order chi connectivity index (χ0) is 49.7. The molecule has 0 spiro atoms. The third-order valence-corrected chi connectivity index (χ3v) is 17.6. The Bertz CT molecular complexity index is 2550. The highest BCUT2D eigenvalue weighted by molar-refractivity contribution is 5.91. The molecule has 6 aliphatic rings. The first kappa shape index (κ1) is 50.1. The maximum atomic E-state index is 16.5. The van der Waals surface area contributed by atoms with Gasteiger partial charge in [-0.25, -0.2) is 22.4 Å². The Balaban J connectivity index is 1.03. The molecule has 4 saturated carbocycles. The molecule has 3 aromatic carbocycles. The van der Waals surface area contributed by atoms with Crippen molar-refractivity contribution in [2.45, 2.75) is 167 Å². The van der Waals surface area contributed by atoms with Gasteiger partial charge in [-0.2, -0.15) is 0 Å². The lowest BCUT2D eigenvalue weighted by Crippen LogP contribution is -2.47. The minimum absolute atomic E-state index is 0.00371. The summed E-state index contributed by atoms with van der Waals surface area (Å²) in [5, 5.41) is 2.69. The molecule has 1 N–H and O–H groups in total. The van der Waals surface area contributed by atoms with Gasteiger partial charge in [0.15, 0.2) is 5.78 Å². The summed E-state index contributed by atoms with van der Waals surface area (Å²) in [4.78, 5) is 52.5. The van der Waals surface area contributed by atoms with Crippen LogP contribution in [-0.4, -0.2) is 48.9 Å². The Morgan fingerprint density at radius 1 is 0.643 bits per heavy atom. The second kappa shape index (κ2) is 20.7. The van der Waals surface area contributed by atoms with E-state index in [1.54, 1.807) is 12.1 Å². The molecule has 10 heteroatoms. The second-order valence-corrected chi connectivity index (χ2v) is 22.7. The molecule has 0 aromatic heterocycles. The van der Waals surface area contributed by atoms with Crippen molar-refractivity contribution in [2.24, 2.45) is 41.4 Å². The summed E-state index contributed by atoms with van der Waals surface area (Å²) in [7, 11) is 1.25. The average molecular weight is 962 g/mol. The van der Waals surface area contributed by atoms with Crippen LogP contribution in [0.2, 0.25) is 0 Å². The molecule has 0 heterocycles. The van der Waals surface area contributed by atoms with Crippen LogP contribution in [0.25, 0.3) is 12.2 Å². The zero-order valence-electron chi connectivity index (χ0n) is 41.8.